The first kappa shape index (κ1) is 13.1. The number of hydrogen-bond donors (Lipinski definition) is 2. The van der Waals surface area contributed by atoms with Crippen LogP contribution in [-0.2, 0) is 26.0 Å². The molecule has 0 aromatic heterocycles. The summed E-state index contributed by atoms with van der Waals surface area (Å²) in [4.78, 5) is -0.518. The summed E-state index contributed by atoms with van der Waals surface area (Å²) < 4.78 is 60.7. The zero-order valence-corrected chi connectivity index (χ0v) is 9.92. The van der Waals surface area contributed by atoms with Crippen LogP contribution in [0.2, 0.25) is 0 Å². The van der Waals surface area contributed by atoms with E-state index in [1.807, 2.05) is 0 Å². The van der Waals surface area contributed by atoms with Crippen molar-refractivity contribution in [2.24, 2.45) is 0 Å². The van der Waals surface area contributed by atoms with Gasteiger partial charge in [0.2, 0.25) is 0 Å². The topological polar surface area (TPSA) is 109 Å². The van der Waals surface area contributed by atoms with Gasteiger partial charge >= 0.3 is 0 Å². The molecule has 6 nitrogen and oxygen atoms in total. The molecule has 0 aliphatic heterocycles. The minimum Gasteiger partial charge on any atom is -0.285 e. The molecule has 0 atom stereocenters. The van der Waals surface area contributed by atoms with Crippen LogP contribution in [0.1, 0.15) is 11.1 Å². The molecular formula is C8H10O6S2. The summed E-state index contributed by atoms with van der Waals surface area (Å²) in [6.45, 7) is 1.63. The van der Waals surface area contributed by atoms with E-state index in [-0.39, 0.29) is 5.56 Å². The molecule has 0 aliphatic carbocycles. The van der Waals surface area contributed by atoms with Crippen LogP contribution in [0.3, 0.4) is 0 Å². The standard InChI is InChI=1S/C8H10O6S2/c1-6-2-3-8(16(12,13)14)7(4-6)5-15(9,10)11/h2-4H,5H2,1H3,(H,9,10,11)(H,12,13,14). The monoisotopic (exact) mass is 266 g/mol. The van der Waals surface area contributed by atoms with Gasteiger partial charge in [0, 0.05) is 0 Å². The van der Waals surface area contributed by atoms with E-state index in [9.17, 15) is 16.8 Å². The van der Waals surface area contributed by atoms with Gasteiger partial charge < -0.3 is 0 Å². The SMILES string of the molecule is Cc1ccc(S(=O)(=O)O)c(CS(=O)(=O)O)c1. The highest BCUT2D eigenvalue weighted by atomic mass is 32.2. The van der Waals surface area contributed by atoms with Gasteiger partial charge in [0.15, 0.2) is 0 Å². The highest BCUT2D eigenvalue weighted by molar-refractivity contribution is 7.86. The maximum absolute atomic E-state index is 10.9. The Hall–Kier alpha value is -0.960. The van der Waals surface area contributed by atoms with E-state index < -0.39 is 30.9 Å². The fourth-order valence-electron chi connectivity index (χ4n) is 1.27. The van der Waals surface area contributed by atoms with E-state index in [4.69, 9.17) is 9.11 Å². The van der Waals surface area contributed by atoms with Crippen molar-refractivity contribution < 1.29 is 25.9 Å². The number of rotatable bonds is 3. The van der Waals surface area contributed by atoms with Crippen molar-refractivity contribution in [3.63, 3.8) is 0 Å². The second kappa shape index (κ2) is 4.13. The molecule has 0 unspecified atom stereocenters. The minimum absolute atomic E-state index is 0.162. The first-order chi connectivity index (χ1) is 7.09. The molecule has 0 saturated carbocycles. The van der Waals surface area contributed by atoms with Gasteiger partial charge in [-0.1, -0.05) is 17.7 Å². The van der Waals surface area contributed by atoms with Crippen LogP contribution in [0.15, 0.2) is 23.1 Å². The van der Waals surface area contributed by atoms with Crippen LogP contribution in [-0.4, -0.2) is 25.9 Å². The summed E-state index contributed by atoms with van der Waals surface area (Å²) in [7, 11) is -8.85. The molecule has 1 rings (SSSR count). The summed E-state index contributed by atoms with van der Waals surface area (Å²) in [5.41, 5.74) is 0.455. The Labute approximate surface area is 93.4 Å². The van der Waals surface area contributed by atoms with Crippen molar-refractivity contribution in [3.8, 4) is 0 Å². The van der Waals surface area contributed by atoms with Gasteiger partial charge in [0.05, 0.1) is 4.90 Å². The molecule has 1 aromatic carbocycles. The van der Waals surface area contributed by atoms with Crippen LogP contribution in [0.5, 0.6) is 0 Å². The van der Waals surface area contributed by atoms with E-state index in [0.717, 1.165) is 6.07 Å². The fourth-order valence-corrected chi connectivity index (χ4v) is 2.69. The van der Waals surface area contributed by atoms with Crippen molar-refractivity contribution in [3.05, 3.63) is 29.3 Å². The maximum Gasteiger partial charge on any atom is 0.294 e. The second-order valence-electron chi connectivity index (χ2n) is 3.31. The van der Waals surface area contributed by atoms with Crippen LogP contribution < -0.4 is 0 Å². The van der Waals surface area contributed by atoms with E-state index in [0.29, 0.717) is 5.56 Å². The summed E-state index contributed by atoms with van der Waals surface area (Å²) in [6, 6.07) is 3.78. The van der Waals surface area contributed by atoms with Crippen molar-refractivity contribution in [1.29, 1.82) is 0 Å². The molecule has 8 heteroatoms. The predicted molar refractivity (Wildman–Crippen MR) is 56.2 cm³/mol. The quantitative estimate of drug-likeness (QED) is 0.777. The summed E-state index contributed by atoms with van der Waals surface area (Å²) in [5.74, 6) is -0.857. The zero-order chi connectivity index (χ0) is 12.6. The Bertz CT molecular complexity index is 599. The van der Waals surface area contributed by atoms with Crippen LogP contribution >= 0.6 is 0 Å². The van der Waals surface area contributed by atoms with Gasteiger partial charge in [0.1, 0.15) is 5.75 Å². The van der Waals surface area contributed by atoms with Gasteiger partial charge in [-0.25, -0.2) is 0 Å². The molecule has 0 heterocycles. The molecule has 0 saturated heterocycles. The molecule has 0 bridgehead atoms. The number of benzene rings is 1. The number of aryl methyl sites for hydroxylation is 1. The number of hydrogen-bond acceptors (Lipinski definition) is 4. The third-order valence-electron chi connectivity index (χ3n) is 1.83. The van der Waals surface area contributed by atoms with Crippen molar-refractivity contribution in [2.45, 2.75) is 17.6 Å². The van der Waals surface area contributed by atoms with Gasteiger partial charge in [0.25, 0.3) is 20.2 Å². The van der Waals surface area contributed by atoms with Crippen molar-refractivity contribution >= 4 is 20.2 Å². The molecule has 0 radical (unpaired) electrons. The van der Waals surface area contributed by atoms with Gasteiger partial charge in [-0.3, -0.25) is 9.11 Å². The Balaban J connectivity index is 3.42. The Morgan fingerprint density at radius 1 is 1.12 bits per heavy atom. The van der Waals surface area contributed by atoms with E-state index in [2.05, 4.69) is 0 Å². The smallest absolute Gasteiger partial charge is 0.285 e. The third kappa shape index (κ3) is 3.56. The van der Waals surface area contributed by atoms with E-state index >= 15 is 0 Å². The molecule has 0 aliphatic rings. The minimum atomic E-state index is -4.50. The Kier molecular flexibility index (Phi) is 3.38. The molecule has 90 valence electrons. The highest BCUT2D eigenvalue weighted by Crippen LogP contribution is 2.19. The predicted octanol–water partition coefficient (Wildman–Crippen LogP) is 0.630. The van der Waals surface area contributed by atoms with Crippen molar-refractivity contribution in [1.82, 2.24) is 0 Å². The lowest BCUT2D eigenvalue weighted by molar-refractivity contribution is 0.479. The Morgan fingerprint density at radius 2 is 1.69 bits per heavy atom. The maximum atomic E-state index is 10.9. The average molecular weight is 266 g/mol. The zero-order valence-electron chi connectivity index (χ0n) is 8.28. The van der Waals surface area contributed by atoms with E-state index in [1.165, 1.54) is 12.1 Å². The molecular weight excluding hydrogens is 256 g/mol. The summed E-state index contributed by atoms with van der Waals surface area (Å²) in [6.07, 6.45) is 0. The first-order valence-electron chi connectivity index (χ1n) is 4.12. The van der Waals surface area contributed by atoms with Crippen LogP contribution in [0.4, 0.5) is 0 Å². The summed E-state index contributed by atoms with van der Waals surface area (Å²) >= 11 is 0. The van der Waals surface area contributed by atoms with Crippen LogP contribution in [0, 0.1) is 6.92 Å². The van der Waals surface area contributed by atoms with Gasteiger partial charge in [-0.15, -0.1) is 0 Å². The molecule has 0 fully saturated rings. The molecule has 0 amide bonds. The molecule has 16 heavy (non-hydrogen) atoms. The van der Waals surface area contributed by atoms with Crippen molar-refractivity contribution in [2.75, 3.05) is 0 Å². The van der Waals surface area contributed by atoms with Crippen LogP contribution in [0.25, 0.3) is 0 Å². The fraction of sp³-hybridized carbons (Fsp3) is 0.250. The molecule has 1 aromatic rings. The normalized spacial score (nSPS) is 12.7. The second-order valence-corrected chi connectivity index (χ2v) is 6.15. The Morgan fingerprint density at radius 3 is 2.12 bits per heavy atom. The molecule has 0 spiro atoms. The van der Waals surface area contributed by atoms with Gasteiger partial charge in [-0.2, -0.15) is 16.8 Å². The van der Waals surface area contributed by atoms with Gasteiger partial charge in [-0.05, 0) is 18.6 Å². The van der Waals surface area contributed by atoms with E-state index in [1.54, 1.807) is 6.92 Å². The third-order valence-corrected chi connectivity index (χ3v) is 3.46. The largest absolute Gasteiger partial charge is 0.294 e. The first-order valence-corrected chi connectivity index (χ1v) is 7.17. The summed E-state index contributed by atoms with van der Waals surface area (Å²) in [5, 5.41) is 0. The highest BCUT2D eigenvalue weighted by Gasteiger charge is 2.19. The molecule has 2 N–H and O–H groups in total. The lowest BCUT2D eigenvalue weighted by Crippen LogP contribution is -2.08. The lowest BCUT2D eigenvalue weighted by Gasteiger charge is -2.06. The average Bonchev–Trinajstić information content (AvgIpc) is 1.97. The lowest BCUT2D eigenvalue weighted by atomic mass is 10.2.